The van der Waals surface area contributed by atoms with Crippen molar-refractivity contribution in [2.75, 3.05) is 25.0 Å². The summed E-state index contributed by atoms with van der Waals surface area (Å²) < 4.78 is 28.1. The molecule has 0 saturated carbocycles. The van der Waals surface area contributed by atoms with Crippen LogP contribution < -0.4 is 5.32 Å². The molecule has 8 nitrogen and oxygen atoms in total. The summed E-state index contributed by atoms with van der Waals surface area (Å²) in [5.41, 5.74) is 5.74. The molecule has 1 amide bonds. The minimum absolute atomic E-state index is 0.183. The van der Waals surface area contributed by atoms with Crippen LogP contribution in [0.15, 0.2) is 18.2 Å². The van der Waals surface area contributed by atoms with Crippen LogP contribution in [0.5, 0.6) is 0 Å². The number of rotatable bonds is 10. The Morgan fingerprint density at radius 3 is 2.58 bits per heavy atom. The summed E-state index contributed by atoms with van der Waals surface area (Å²) in [5, 5.41) is 2.81. The zero-order chi connectivity index (χ0) is 24.3. The molecule has 1 unspecified atom stereocenters. The lowest BCUT2D eigenvalue weighted by Gasteiger charge is -2.17. The second kappa shape index (κ2) is 10.0. The van der Waals surface area contributed by atoms with E-state index in [9.17, 15) is 18.4 Å². The van der Waals surface area contributed by atoms with Crippen LogP contribution in [0, 0.1) is 18.6 Å². The van der Waals surface area contributed by atoms with Crippen LogP contribution in [-0.2, 0) is 31.8 Å². The summed E-state index contributed by atoms with van der Waals surface area (Å²) >= 11 is 0. The number of anilines is 1. The van der Waals surface area contributed by atoms with E-state index in [0.29, 0.717) is 35.2 Å². The van der Waals surface area contributed by atoms with Crippen molar-refractivity contribution >= 4 is 39.0 Å². The van der Waals surface area contributed by atoms with E-state index in [4.69, 9.17) is 4.78 Å². The van der Waals surface area contributed by atoms with Crippen LogP contribution in [0.1, 0.15) is 53.9 Å². The van der Waals surface area contributed by atoms with Crippen LogP contribution >= 0.6 is 0 Å². The molecule has 0 aliphatic carbocycles. The molecule has 1 atom stereocenters. The van der Waals surface area contributed by atoms with Crippen molar-refractivity contribution in [2.45, 2.75) is 46.3 Å². The highest BCUT2D eigenvalue weighted by atomic mass is 32.2. The Bertz CT molecular complexity index is 1210. The Morgan fingerprint density at radius 1 is 1.24 bits per heavy atom. The Morgan fingerprint density at radius 2 is 1.94 bits per heavy atom. The molecule has 0 spiro atoms. The molecule has 9 heteroatoms. The standard InChI is InChI=1S/C24H32N4O4S/c1-5-28(6-2)10-9-18(29)12-19-15(3)23(26-16(19)4)13-21-20-11-17(14-33(25,31)32)7-8-22(20)27-24(21)30/h7-8,11,13,26H,5-6,9-10,12,14H2,1-4H3,(H,27,30)(H2,25,31,32)/b21-13-. The Hall–Kier alpha value is -2.75. The lowest BCUT2D eigenvalue weighted by atomic mass is 10.00. The molecule has 1 aliphatic heterocycles. The van der Waals surface area contributed by atoms with Gasteiger partial charge in [0.1, 0.15) is 5.78 Å². The van der Waals surface area contributed by atoms with E-state index in [1.165, 1.54) is 0 Å². The van der Waals surface area contributed by atoms with Gasteiger partial charge in [0.15, 0.2) is 10.0 Å². The van der Waals surface area contributed by atoms with E-state index in [0.717, 1.165) is 42.1 Å². The van der Waals surface area contributed by atoms with Crippen molar-refractivity contribution in [2.24, 2.45) is 0 Å². The normalized spacial score (nSPS) is 16.2. The first-order chi connectivity index (χ1) is 15.5. The third kappa shape index (κ3) is 5.98. The van der Waals surface area contributed by atoms with Crippen molar-refractivity contribution in [3.05, 3.63) is 51.8 Å². The Kier molecular flexibility index (Phi) is 7.56. The average molecular weight is 473 g/mol. The quantitative estimate of drug-likeness (QED) is 0.389. The van der Waals surface area contributed by atoms with Gasteiger partial charge in [0, 0.05) is 42.0 Å². The van der Waals surface area contributed by atoms with E-state index >= 15 is 0 Å². The molecule has 2 heterocycles. The summed E-state index contributed by atoms with van der Waals surface area (Å²) in [5.74, 6) is -0.383. The third-order valence-corrected chi connectivity index (χ3v) is 6.85. The molecular weight excluding hydrogens is 440 g/mol. The van der Waals surface area contributed by atoms with Crippen molar-refractivity contribution in [1.29, 1.82) is 4.78 Å². The zero-order valence-electron chi connectivity index (χ0n) is 19.6. The lowest BCUT2D eigenvalue weighted by molar-refractivity contribution is -0.118. The highest BCUT2D eigenvalue weighted by molar-refractivity contribution is 7.86. The SMILES string of the molecule is CCN(CC)CCC(=O)Cc1c(C)[nH]c(/C=C2\C(=O)Nc3ccc(CS(=N)(=O)O)cc32)c1C. The first-order valence-corrected chi connectivity index (χ1v) is 12.8. The predicted molar refractivity (Wildman–Crippen MR) is 132 cm³/mol. The lowest BCUT2D eigenvalue weighted by Crippen LogP contribution is -2.26. The number of fused-ring (bicyclic) bond motifs is 1. The largest absolute Gasteiger partial charge is 0.359 e. The zero-order valence-corrected chi connectivity index (χ0v) is 20.4. The monoisotopic (exact) mass is 472 g/mol. The maximum atomic E-state index is 12.6. The van der Waals surface area contributed by atoms with E-state index in [1.807, 2.05) is 13.8 Å². The smallest absolute Gasteiger partial charge is 0.256 e. The fourth-order valence-electron chi connectivity index (χ4n) is 4.17. The first-order valence-electron chi connectivity index (χ1n) is 11.1. The number of nitrogens with zero attached hydrogens (tertiary/aromatic N) is 1. The summed E-state index contributed by atoms with van der Waals surface area (Å²) in [7, 11) is -3.68. The van der Waals surface area contributed by atoms with Gasteiger partial charge in [0.2, 0.25) is 0 Å². The number of carbonyl (C=O) groups is 2. The van der Waals surface area contributed by atoms with Crippen molar-refractivity contribution < 1.29 is 18.4 Å². The Balaban J connectivity index is 1.86. The molecule has 33 heavy (non-hydrogen) atoms. The number of amides is 1. The second-order valence-corrected chi connectivity index (χ2v) is 10.0. The van der Waals surface area contributed by atoms with Crippen LogP contribution in [0.2, 0.25) is 0 Å². The molecule has 4 N–H and O–H groups in total. The van der Waals surface area contributed by atoms with Gasteiger partial charge in [0.25, 0.3) is 5.91 Å². The number of hydrogen-bond acceptors (Lipinski definition) is 5. The van der Waals surface area contributed by atoms with Gasteiger partial charge >= 0.3 is 0 Å². The molecule has 1 aromatic heterocycles. The van der Waals surface area contributed by atoms with E-state index < -0.39 is 10.0 Å². The molecule has 1 aromatic carbocycles. The molecular formula is C24H32N4O4S. The molecule has 0 fully saturated rings. The number of aromatic amines is 1. The van der Waals surface area contributed by atoms with E-state index in [1.54, 1.807) is 24.3 Å². The molecule has 0 bridgehead atoms. The fourth-order valence-corrected chi connectivity index (χ4v) is 4.80. The second-order valence-electron chi connectivity index (χ2n) is 8.44. The number of H-pyrrole nitrogens is 1. The molecule has 0 saturated heterocycles. The third-order valence-electron chi connectivity index (χ3n) is 6.12. The highest BCUT2D eigenvalue weighted by Gasteiger charge is 2.26. The van der Waals surface area contributed by atoms with Gasteiger partial charge in [-0.05, 0) is 61.8 Å². The molecule has 2 aromatic rings. The van der Waals surface area contributed by atoms with Crippen molar-refractivity contribution in [3.8, 4) is 0 Å². The predicted octanol–water partition coefficient (Wildman–Crippen LogP) is 3.99. The van der Waals surface area contributed by atoms with Gasteiger partial charge in [-0.3, -0.25) is 9.59 Å². The van der Waals surface area contributed by atoms with Gasteiger partial charge in [-0.25, -0.2) is 8.99 Å². The number of aromatic nitrogens is 1. The average Bonchev–Trinajstić information content (AvgIpc) is 3.18. The van der Waals surface area contributed by atoms with Gasteiger partial charge < -0.3 is 19.8 Å². The number of nitrogens with one attached hydrogen (secondary N) is 3. The van der Waals surface area contributed by atoms with Crippen LogP contribution in [0.3, 0.4) is 0 Å². The number of aryl methyl sites for hydroxylation is 1. The summed E-state index contributed by atoms with van der Waals surface area (Å²) in [4.78, 5) is 30.7. The van der Waals surface area contributed by atoms with E-state index in [2.05, 4.69) is 29.0 Å². The van der Waals surface area contributed by atoms with Gasteiger partial charge in [0.05, 0.1) is 11.3 Å². The maximum absolute atomic E-state index is 12.6. The van der Waals surface area contributed by atoms with Gasteiger partial charge in [-0.1, -0.05) is 19.9 Å². The number of Topliss-reactive ketones (excluding diaryl/α,β-unsaturated/α-hetero) is 1. The summed E-state index contributed by atoms with van der Waals surface area (Å²) in [6.45, 7) is 10.6. The summed E-state index contributed by atoms with van der Waals surface area (Å²) in [6, 6.07) is 4.99. The van der Waals surface area contributed by atoms with Crippen LogP contribution in [-0.4, -0.2) is 50.0 Å². The molecule has 178 valence electrons. The topological polar surface area (TPSA) is 126 Å². The number of carbonyl (C=O) groups excluding carboxylic acids is 2. The Labute approximate surface area is 195 Å². The molecule has 0 radical (unpaired) electrons. The van der Waals surface area contributed by atoms with Crippen molar-refractivity contribution in [1.82, 2.24) is 9.88 Å². The summed E-state index contributed by atoms with van der Waals surface area (Å²) in [6.07, 6.45) is 2.61. The van der Waals surface area contributed by atoms with Crippen LogP contribution in [0.25, 0.3) is 11.6 Å². The highest BCUT2D eigenvalue weighted by Crippen LogP contribution is 2.35. The number of hydrogen-bond donors (Lipinski definition) is 4. The van der Waals surface area contributed by atoms with Crippen molar-refractivity contribution in [3.63, 3.8) is 0 Å². The van der Waals surface area contributed by atoms with Gasteiger partial charge in [-0.15, -0.1) is 0 Å². The van der Waals surface area contributed by atoms with Crippen LogP contribution in [0.4, 0.5) is 5.69 Å². The fraction of sp³-hybridized carbons (Fsp3) is 0.417. The maximum Gasteiger partial charge on any atom is 0.256 e. The first kappa shape index (κ1) is 24.9. The minimum atomic E-state index is -3.68. The molecule has 1 aliphatic rings. The number of benzene rings is 1. The number of ketones is 1. The van der Waals surface area contributed by atoms with Gasteiger partial charge in [-0.2, -0.15) is 0 Å². The molecule has 3 rings (SSSR count). The minimum Gasteiger partial charge on any atom is -0.359 e. The van der Waals surface area contributed by atoms with E-state index in [-0.39, 0.29) is 17.4 Å².